The molecule has 4 nitrogen and oxygen atoms in total. The van der Waals surface area contributed by atoms with Gasteiger partial charge in [0.2, 0.25) is 5.91 Å². The number of nitrogens with one attached hydrogen (secondary N) is 1. The van der Waals surface area contributed by atoms with Gasteiger partial charge in [-0.1, -0.05) is 25.7 Å². The minimum atomic E-state index is -0.580. The molecule has 0 unspecified atom stereocenters. The lowest BCUT2D eigenvalue weighted by atomic mass is 9.82. The fourth-order valence-corrected chi connectivity index (χ4v) is 3.27. The van der Waals surface area contributed by atoms with Crippen LogP contribution in [0.15, 0.2) is 0 Å². The van der Waals surface area contributed by atoms with Gasteiger partial charge in [-0.05, 0) is 51.7 Å². The number of likely N-dealkylation sites (tertiary alicyclic amines) is 1. The fourth-order valence-electron chi connectivity index (χ4n) is 3.27. The van der Waals surface area contributed by atoms with Gasteiger partial charge in [-0.3, -0.25) is 4.79 Å². The number of piperidine rings is 1. The van der Waals surface area contributed by atoms with Crippen LogP contribution >= 0.6 is 24.8 Å². The maximum Gasteiger partial charge on any atom is 0.240 e. The number of halogens is 2. The van der Waals surface area contributed by atoms with Gasteiger partial charge in [0.05, 0.1) is 5.54 Å². The average Bonchev–Trinajstić information content (AvgIpc) is 2.45. The molecule has 0 spiro atoms. The molecule has 1 aliphatic heterocycles. The average molecular weight is 340 g/mol. The van der Waals surface area contributed by atoms with Crippen LogP contribution in [0.4, 0.5) is 0 Å². The van der Waals surface area contributed by atoms with Crippen molar-refractivity contribution in [1.82, 2.24) is 10.2 Å². The van der Waals surface area contributed by atoms with Gasteiger partial charge in [-0.25, -0.2) is 0 Å². The van der Waals surface area contributed by atoms with Crippen molar-refractivity contribution in [1.29, 1.82) is 0 Å². The van der Waals surface area contributed by atoms with Gasteiger partial charge >= 0.3 is 0 Å². The molecule has 0 bridgehead atoms. The highest BCUT2D eigenvalue weighted by Crippen LogP contribution is 2.25. The predicted molar refractivity (Wildman–Crippen MR) is 92.4 cm³/mol. The Morgan fingerprint density at radius 3 is 2.19 bits per heavy atom. The number of carbonyl (C=O) groups excluding carboxylic acids is 1. The first-order valence-electron chi connectivity index (χ1n) is 8.00. The highest BCUT2D eigenvalue weighted by atomic mass is 35.5. The Morgan fingerprint density at radius 1 is 1.00 bits per heavy atom. The van der Waals surface area contributed by atoms with Crippen LogP contribution in [0.5, 0.6) is 0 Å². The molecule has 2 fully saturated rings. The minimum Gasteiger partial charge on any atom is -0.354 e. The van der Waals surface area contributed by atoms with Gasteiger partial charge in [-0.2, -0.15) is 0 Å². The number of nitrogens with zero attached hydrogens (tertiary/aromatic N) is 1. The Labute approximate surface area is 141 Å². The van der Waals surface area contributed by atoms with Gasteiger partial charge in [0.25, 0.3) is 0 Å². The van der Waals surface area contributed by atoms with Crippen LogP contribution in [0, 0.1) is 0 Å². The van der Waals surface area contributed by atoms with Crippen molar-refractivity contribution in [3.05, 3.63) is 0 Å². The molecule has 1 saturated carbocycles. The van der Waals surface area contributed by atoms with Gasteiger partial charge < -0.3 is 16.0 Å². The van der Waals surface area contributed by atoms with Gasteiger partial charge in [0.1, 0.15) is 0 Å². The number of hydrogen-bond acceptors (Lipinski definition) is 3. The molecular weight excluding hydrogens is 309 g/mol. The molecule has 1 heterocycles. The second-order valence-electron chi connectivity index (χ2n) is 6.23. The number of carbonyl (C=O) groups is 1. The number of rotatable bonds is 5. The van der Waals surface area contributed by atoms with Crippen molar-refractivity contribution in [3.63, 3.8) is 0 Å². The van der Waals surface area contributed by atoms with E-state index < -0.39 is 5.54 Å². The lowest BCUT2D eigenvalue weighted by molar-refractivity contribution is -0.127. The molecule has 2 aliphatic rings. The van der Waals surface area contributed by atoms with Crippen molar-refractivity contribution < 1.29 is 4.79 Å². The van der Waals surface area contributed by atoms with E-state index in [9.17, 15) is 4.79 Å². The number of nitrogens with two attached hydrogens (primary N) is 1. The summed E-state index contributed by atoms with van der Waals surface area (Å²) in [6.45, 7) is 4.34. The zero-order valence-electron chi connectivity index (χ0n) is 12.9. The molecule has 0 radical (unpaired) electrons. The van der Waals surface area contributed by atoms with E-state index in [-0.39, 0.29) is 30.7 Å². The zero-order chi connectivity index (χ0) is 13.6. The number of amides is 1. The largest absolute Gasteiger partial charge is 0.354 e. The second kappa shape index (κ2) is 10.7. The molecule has 1 amide bonds. The third kappa shape index (κ3) is 6.72. The van der Waals surface area contributed by atoms with Crippen molar-refractivity contribution in [2.75, 3.05) is 26.2 Å². The van der Waals surface area contributed by atoms with E-state index in [2.05, 4.69) is 10.2 Å². The molecule has 0 aromatic carbocycles. The molecule has 126 valence electrons. The quantitative estimate of drug-likeness (QED) is 0.756. The minimum absolute atomic E-state index is 0. The first kappa shape index (κ1) is 21.0. The highest BCUT2D eigenvalue weighted by molar-refractivity contribution is 5.86. The van der Waals surface area contributed by atoms with E-state index >= 15 is 0 Å². The van der Waals surface area contributed by atoms with Crippen molar-refractivity contribution in [2.45, 2.75) is 63.3 Å². The molecule has 0 aromatic heterocycles. The molecular formula is C15H31Cl2N3O. The van der Waals surface area contributed by atoms with E-state index in [1.807, 2.05) is 0 Å². The fraction of sp³-hybridized carbons (Fsp3) is 0.933. The Morgan fingerprint density at radius 2 is 1.57 bits per heavy atom. The Bertz CT molecular complexity index is 291. The summed E-state index contributed by atoms with van der Waals surface area (Å²) < 4.78 is 0. The molecule has 21 heavy (non-hydrogen) atoms. The maximum absolute atomic E-state index is 12.1. The topological polar surface area (TPSA) is 58.4 Å². The molecule has 0 atom stereocenters. The summed E-state index contributed by atoms with van der Waals surface area (Å²) in [5.41, 5.74) is 5.63. The smallest absolute Gasteiger partial charge is 0.240 e. The van der Waals surface area contributed by atoms with Crippen LogP contribution in [0.1, 0.15) is 57.8 Å². The summed E-state index contributed by atoms with van der Waals surface area (Å²) >= 11 is 0. The first-order valence-corrected chi connectivity index (χ1v) is 8.00. The maximum atomic E-state index is 12.1. The Balaban J connectivity index is 0.00000200. The highest BCUT2D eigenvalue weighted by Gasteiger charge is 2.34. The van der Waals surface area contributed by atoms with Crippen LogP contribution in [0.3, 0.4) is 0 Å². The third-order valence-electron chi connectivity index (χ3n) is 4.58. The monoisotopic (exact) mass is 339 g/mol. The van der Waals surface area contributed by atoms with Crippen LogP contribution in [0.25, 0.3) is 0 Å². The lowest BCUT2D eigenvalue weighted by Crippen LogP contribution is -2.55. The summed E-state index contributed by atoms with van der Waals surface area (Å²) in [5, 5.41) is 3.04. The molecule has 6 heteroatoms. The third-order valence-corrected chi connectivity index (χ3v) is 4.58. The van der Waals surface area contributed by atoms with Crippen molar-refractivity contribution in [3.8, 4) is 0 Å². The van der Waals surface area contributed by atoms with E-state index in [0.717, 1.165) is 45.2 Å². The van der Waals surface area contributed by atoms with Crippen LogP contribution in [-0.2, 0) is 4.79 Å². The van der Waals surface area contributed by atoms with E-state index in [4.69, 9.17) is 5.73 Å². The standard InChI is InChI=1S/C15H29N3O.2ClH/c16-15(8-3-1-4-9-15)14(19)17-10-7-13-18-11-5-2-6-12-18;;/h1-13,16H2,(H,17,19);2*1H. The summed E-state index contributed by atoms with van der Waals surface area (Å²) in [7, 11) is 0. The summed E-state index contributed by atoms with van der Waals surface area (Å²) in [6.07, 6.45) is 10.2. The Kier molecular flexibility index (Phi) is 10.6. The lowest BCUT2D eigenvalue weighted by Gasteiger charge is -2.32. The predicted octanol–water partition coefficient (Wildman–Crippen LogP) is 2.48. The zero-order valence-corrected chi connectivity index (χ0v) is 14.6. The normalized spacial score (nSPS) is 21.8. The van der Waals surface area contributed by atoms with E-state index in [1.165, 1.54) is 38.8 Å². The van der Waals surface area contributed by atoms with Crippen LogP contribution in [-0.4, -0.2) is 42.5 Å². The summed E-state index contributed by atoms with van der Waals surface area (Å²) in [6, 6.07) is 0. The van der Waals surface area contributed by atoms with Crippen molar-refractivity contribution >= 4 is 30.7 Å². The first-order chi connectivity index (χ1) is 9.21. The van der Waals surface area contributed by atoms with Crippen molar-refractivity contribution in [2.24, 2.45) is 5.73 Å². The molecule has 0 aromatic rings. The van der Waals surface area contributed by atoms with Gasteiger partial charge in [-0.15, -0.1) is 24.8 Å². The van der Waals surface area contributed by atoms with Gasteiger partial charge in [0.15, 0.2) is 0 Å². The van der Waals surface area contributed by atoms with Crippen LogP contribution in [0.2, 0.25) is 0 Å². The second-order valence-corrected chi connectivity index (χ2v) is 6.23. The van der Waals surface area contributed by atoms with E-state index in [1.54, 1.807) is 0 Å². The molecule has 1 aliphatic carbocycles. The van der Waals surface area contributed by atoms with Crippen LogP contribution < -0.4 is 11.1 Å². The molecule has 1 saturated heterocycles. The SMILES string of the molecule is Cl.Cl.NC1(C(=O)NCCCN2CCCCC2)CCCCC1. The Hall–Kier alpha value is -0.0300. The van der Waals surface area contributed by atoms with E-state index in [0.29, 0.717) is 0 Å². The van der Waals surface area contributed by atoms with Gasteiger partial charge in [0, 0.05) is 6.54 Å². The summed E-state index contributed by atoms with van der Waals surface area (Å²) in [4.78, 5) is 14.6. The molecule has 2 rings (SSSR count). The number of hydrogen-bond donors (Lipinski definition) is 2. The summed E-state index contributed by atoms with van der Waals surface area (Å²) in [5.74, 6) is 0.0749. The molecule has 3 N–H and O–H groups in total.